The Morgan fingerprint density at radius 1 is 1.09 bits per heavy atom. The summed E-state index contributed by atoms with van der Waals surface area (Å²) in [5, 5.41) is 4.66. The smallest absolute Gasteiger partial charge is 0.356 e. The Morgan fingerprint density at radius 2 is 1.94 bits per heavy atom. The van der Waals surface area contributed by atoms with Crippen molar-refractivity contribution in [3.8, 4) is 22.6 Å². The van der Waals surface area contributed by atoms with Gasteiger partial charge in [0.25, 0.3) is 0 Å². The first-order valence-corrected chi connectivity index (χ1v) is 11.2. The average Bonchev–Trinajstić information content (AvgIpc) is 3.43. The summed E-state index contributed by atoms with van der Waals surface area (Å²) in [6, 6.07) is 20.4. The molecule has 2 aromatic heterocycles. The van der Waals surface area contributed by atoms with Gasteiger partial charge in [0.1, 0.15) is 17.0 Å². The minimum absolute atomic E-state index is 0.226. The summed E-state index contributed by atoms with van der Waals surface area (Å²) < 4.78 is 11.3. The van der Waals surface area contributed by atoms with Crippen molar-refractivity contribution in [1.82, 2.24) is 10.3 Å². The third-order valence-corrected chi connectivity index (χ3v) is 5.94. The zero-order chi connectivity index (χ0) is 22.1. The zero-order valence-corrected chi connectivity index (χ0v) is 18.4. The van der Waals surface area contributed by atoms with E-state index >= 15 is 0 Å². The normalized spacial score (nSPS) is 15.1. The number of rotatable bonds is 6. The topological polar surface area (TPSA) is 64.4 Å². The van der Waals surface area contributed by atoms with Crippen LogP contribution in [0.3, 0.4) is 0 Å². The van der Waals surface area contributed by atoms with Gasteiger partial charge in [0, 0.05) is 29.1 Å². The monoisotopic (exact) mass is 426 g/mol. The highest BCUT2D eigenvalue weighted by molar-refractivity contribution is 5.89. The van der Waals surface area contributed by atoms with Crippen molar-refractivity contribution >= 4 is 16.9 Å². The van der Waals surface area contributed by atoms with Gasteiger partial charge in [-0.25, -0.2) is 9.78 Å². The number of fused-ring (bicyclic) bond motifs is 2. The fraction of sp³-hybridized carbons (Fsp3) is 0.259. The SMILES string of the molecule is CCC[C@H]1NCc2cc(C(=O)OCC)nc(-c3cccc(-c4cc5ccccc5o4)c3)c21. The number of ether oxygens (including phenoxy) is 1. The van der Waals surface area contributed by atoms with Crippen molar-refractivity contribution in [3.63, 3.8) is 0 Å². The van der Waals surface area contributed by atoms with E-state index < -0.39 is 0 Å². The molecule has 4 aromatic rings. The van der Waals surface area contributed by atoms with Gasteiger partial charge in [-0.2, -0.15) is 0 Å². The van der Waals surface area contributed by atoms with Crippen LogP contribution in [-0.2, 0) is 11.3 Å². The standard InChI is InChI=1S/C27H26N2O3/c1-3-8-21-25-20(16-28-21)14-22(27(30)31-4-2)29-26(25)19-11-7-10-17(13-19)24-15-18-9-5-6-12-23(18)32-24/h5-7,9-15,21,28H,3-4,8,16H2,1-2H3/t21-/m1/s1. The minimum Gasteiger partial charge on any atom is -0.461 e. The maximum atomic E-state index is 12.5. The first kappa shape index (κ1) is 20.5. The van der Waals surface area contributed by atoms with Gasteiger partial charge in [-0.15, -0.1) is 0 Å². The van der Waals surface area contributed by atoms with Gasteiger partial charge in [0.05, 0.1) is 12.3 Å². The highest BCUT2D eigenvalue weighted by atomic mass is 16.5. The van der Waals surface area contributed by atoms with Crippen LogP contribution in [0.15, 0.2) is 65.1 Å². The molecule has 0 saturated carbocycles. The summed E-state index contributed by atoms with van der Waals surface area (Å²) in [6.45, 7) is 5.04. The van der Waals surface area contributed by atoms with Gasteiger partial charge in [0.2, 0.25) is 0 Å². The van der Waals surface area contributed by atoms with E-state index in [9.17, 15) is 4.79 Å². The maximum Gasteiger partial charge on any atom is 0.356 e. The van der Waals surface area contributed by atoms with E-state index in [-0.39, 0.29) is 12.0 Å². The maximum absolute atomic E-state index is 12.5. The Hall–Kier alpha value is -3.44. The van der Waals surface area contributed by atoms with E-state index in [0.29, 0.717) is 12.3 Å². The number of hydrogen-bond donors (Lipinski definition) is 1. The molecule has 1 atom stereocenters. The third kappa shape index (κ3) is 3.69. The molecule has 5 nitrogen and oxygen atoms in total. The number of benzene rings is 2. The van der Waals surface area contributed by atoms with Crippen molar-refractivity contribution in [1.29, 1.82) is 0 Å². The summed E-state index contributed by atoms with van der Waals surface area (Å²) in [7, 11) is 0. The van der Waals surface area contributed by atoms with Gasteiger partial charge in [-0.1, -0.05) is 49.7 Å². The predicted octanol–water partition coefficient (Wildman–Crippen LogP) is 6.28. The fourth-order valence-electron chi connectivity index (χ4n) is 4.49. The molecular weight excluding hydrogens is 400 g/mol. The van der Waals surface area contributed by atoms with Crippen molar-refractivity contribution < 1.29 is 13.9 Å². The Balaban J connectivity index is 1.63. The molecule has 0 saturated heterocycles. The van der Waals surface area contributed by atoms with Crippen LogP contribution in [0.1, 0.15) is 54.3 Å². The number of furan rings is 1. The summed E-state index contributed by atoms with van der Waals surface area (Å²) in [5.74, 6) is 0.429. The molecule has 0 bridgehead atoms. The molecule has 1 aliphatic heterocycles. The van der Waals surface area contributed by atoms with E-state index in [1.807, 2.05) is 55.5 Å². The summed E-state index contributed by atoms with van der Waals surface area (Å²) in [5.41, 5.74) is 6.31. The van der Waals surface area contributed by atoms with Crippen LogP contribution < -0.4 is 5.32 Å². The molecular formula is C27H26N2O3. The number of esters is 1. The van der Waals surface area contributed by atoms with E-state index in [2.05, 4.69) is 24.4 Å². The third-order valence-electron chi connectivity index (χ3n) is 5.94. The fourth-order valence-corrected chi connectivity index (χ4v) is 4.49. The largest absolute Gasteiger partial charge is 0.461 e. The van der Waals surface area contributed by atoms with Gasteiger partial charge >= 0.3 is 5.97 Å². The number of nitrogens with zero attached hydrogens (tertiary/aromatic N) is 1. The quantitative estimate of drug-likeness (QED) is 0.368. The molecule has 0 aliphatic carbocycles. The lowest BCUT2D eigenvalue weighted by Crippen LogP contribution is -2.13. The van der Waals surface area contributed by atoms with Crippen LogP contribution in [0.4, 0.5) is 0 Å². The minimum atomic E-state index is -0.385. The number of aromatic nitrogens is 1. The second-order valence-corrected chi connectivity index (χ2v) is 8.10. The molecule has 0 unspecified atom stereocenters. The van der Waals surface area contributed by atoms with Gasteiger partial charge in [-0.05, 0) is 48.7 Å². The number of hydrogen-bond acceptors (Lipinski definition) is 5. The Morgan fingerprint density at radius 3 is 2.75 bits per heavy atom. The van der Waals surface area contributed by atoms with Crippen LogP contribution in [0.25, 0.3) is 33.6 Å². The van der Waals surface area contributed by atoms with E-state index in [0.717, 1.165) is 58.5 Å². The number of pyridine rings is 1. The van der Waals surface area contributed by atoms with Crippen LogP contribution in [0, 0.1) is 0 Å². The van der Waals surface area contributed by atoms with Gasteiger partial charge in [0.15, 0.2) is 0 Å². The number of nitrogens with one attached hydrogen (secondary N) is 1. The van der Waals surface area contributed by atoms with Gasteiger partial charge in [-0.3, -0.25) is 0 Å². The zero-order valence-electron chi connectivity index (χ0n) is 18.4. The Labute approximate surface area is 187 Å². The average molecular weight is 427 g/mol. The molecule has 0 fully saturated rings. The lowest BCUT2D eigenvalue weighted by atomic mass is 9.94. The predicted molar refractivity (Wildman–Crippen MR) is 125 cm³/mol. The summed E-state index contributed by atoms with van der Waals surface area (Å²) >= 11 is 0. The highest BCUT2D eigenvalue weighted by Gasteiger charge is 2.28. The van der Waals surface area contributed by atoms with E-state index in [4.69, 9.17) is 14.1 Å². The number of carbonyl (C=O) groups excluding carboxylic acids is 1. The molecule has 0 spiro atoms. The second kappa shape index (κ2) is 8.60. The Kier molecular flexibility index (Phi) is 5.50. The molecule has 162 valence electrons. The molecule has 2 aromatic carbocycles. The summed E-state index contributed by atoms with van der Waals surface area (Å²) in [4.78, 5) is 17.3. The van der Waals surface area contributed by atoms with Crippen molar-refractivity contribution in [2.45, 2.75) is 39.3 Å². The molecule has 1 N–H and O–H groups in total. The molecule has 0 amide bonds. The van der Waals surface area contributed by atoms with Crippen LogP contribution in [0.5, 0.6) is 0 Å². The number of para-hydroxylation sites is 1. The van der Waals surface area contributed by atoms with Crippen molar-refractivity contribution in [2.75, 3.05) is 6.61 Å². The lowest BCUT2D eigenvalue weighted by Gasteiger charge is -2.16. The van der Waals surface area contributed by atoms with Crippen LogP contribution in [-0.4, -0.2) is 17.6 Å². The lowest BCUT2D eigenvalue weighted by molar-refractivity contribution is 0.0519. The van der Waals surface area contributed by atoms with Crippen LogP contribution >= 0.6 is 0 Å². The summed E-state index contributed by atoms with van der Waals surface area (Å²) in [6.07, 6.45) is 2.08. The molecule has 3 heterocycles. The first-order valence-electron chi connectivity index (χ1n) is 11.2. The highest BCUT2D eigenvalue weighted by Crippen LogP contribution is 2.38. The van der Waals surface area contributed by atoms with Crippen LogP contribution in [0.2, 0.25) is 0 Å². The molecule has 5 heteroatoms. The van der Waals surface area contributed by atoms with E-state index in [1.54, 1.807) is 0 Å². The second-order valence-electron chi connectivity index (χ2n) is 8.10. The molecule has 1 aliphatic rings. The van der Waals surface area contributed by atoms with Crippen molar-refractivity contribution in [2.24, 2.45) is 0 Å². The number of carbonyl (C=O) groups is 1. The molecule has 5 rings (SSSR count). The Bertz CT molecular complexity index is 1260. The van der Waals surface area contributed by atoms with Crippen molar-refractivity contribution in [3.05, 3.63) is 77.5 Å². The molecule has 32 heavy (non-hydrogen) atoms. The molecule has 0 radical (unpaired) electrons. The first-order chi connectivity index (χ1) is 15.7. The van der Waals surface area contributed by atoms with Gasteiger partial charge < -0.3 is 14.5 Å². The van der Waals surface area contributed by atoms with E-state index in [1.165, 1.54) is 5.56 Å².